The van der Waals surface area contributed by atoms with Crippen molar-refractivity contribution in [3.63, 3.8) is 0 Å². The van der Waals surface area contributed by atoms with Crippen LogP contribution in [-0.2, 0) is 9.84 Å². The lowest BCUT2D eigenvalue weighted by Crippen LogP contribution is -2.23. The molecule has 1 aliphatic rings. The lowest BCUT2D eigenvalue weighted by molar-refractivity contribution is 0.362. The molecule has 1 aromatic heterocycles. The van der Waals surface area contributed by atoms with Crippen LogP contribution in [0.3, 0.4) is 0 Å². The van der Waals surface area contributed by atoms with E-state index in [0.717, 1.165) is 11.8 Å². The summed E-state index contributed by atoms with van der Waals surface area (Å²) in [4.78, 5) is 9.32. The predicted octanol–water partition coefficient (Wildman–Crippen LogP) is 3.48. The van der Waals surface area contributed by atoms with E-state index in [1.807, 2.05) is 16.5 Å². The van der Waals surface area contributed by atoms with Gasteiger partial charge in [-0.15, -0.1) is 11.8 Å². The Labute approximate surface area is 148 Å². The topological polar surface area (TPSA) is 66.1 Å². The summed E-state index contributed by atoms with van der Waals surface area (Å²) in [6, 6.07) is 4.07. The van der Waals surface area contributed by atoms with Gasteiger partial charge in [-0.05, 0) is 30.0 Å². The van der Waals surface area contributed by atoms with E-state index in [-0.39, 0.29) is 16.1 Å². The maximum atomic E-state index is 13.5. The van der Waals surface area contributed by atoms with Crippen molar-refractivity contribution in [2.45, 2.75) is 18.0 Å². The molecule has 2 heterocycles. The number of H-pyrrole nitrogens is 1. The van der Waals surface area contributed by atoms with Crippen LogP contribution in [0.5, 0.6) is 0 Å². The number of aryl methyl sites for hydroxylation is 1. The number of hydrogen-bond donors (Lipinski definition) is 1. The standard InChI is InChI=1S/C15H15ClFN3O2S2/c1-9-15(24(2,21)22)19-14(18-9)13(20-5-6-23-8-20)10-3-4-12(17)11(16)7-10/h3-7,13H,8H2,1-2H3,(H,18,19). The number of aromatic amines is 1. The largest absolute Gasteiger partial charge is 0.353 e. The first-order valence-corrected chi connectivity index (χ1v) is 10.3. The molecule has 0 fully saturated rings. The second-order valence-corrected chi connectivity index (χ2v) is 8.70. The molecular formula is C15H15ClFN3O2S2. The molecule has 0 radical (unpaired) electrons. The van der Waals surface area contributed by atoms with Crippen LogP contribution in [0, 0.1) is 12.7 Å². The lowest BCUT2D eigenvalue weighted by Gasteiger charge is -2.26. The third-order valence-corrected chi connectivity index (χ3v) is 5.78. The van der Waals surface area contributed by atoms with Crippen molar-refractivity contribution < 1.29 is 12.8 Å². The molecule has 0 spiro atoms. The number of aromatic nitrogens is 2. The molecule has 1 aliphatic heterocycles. The first-order valence-electron chi connectivity index (χ1n) is 7.03. The molecule has 0 saturated heterocycles. The number of nitrogens with one attached hydrogen (secondary N) is 1. The minimum absolute atomic E-state index is 0.0138. The molecule has 0 bridgehead atoms. The summed E-state index contributed by atoms with van der Waals surface area (Å²) < 4.78 is 37.2. The van der Waals surface area contributed by atoms with Gasteiger partial charge in [0.25, 0.3) is 0 Å². The van der Waals surface area contributed by atoms with Gasteiger partial charge in [0.15, 0.2) is 14.9 Å². The second kappa shape index (κ2) is 6.42. The Hall–Kier alpha value is -1.51. The minimum atomic E-state index is -3.44. The Bertz CT molecular complexity index is 911. The fraction of sp³-hybridized carbons (Fsp3) is 0.267. The van der Waals surface area contributed by atoms with Gasteiger partial charge < -0.3 is 9.88 Å². The van der Waals surface area contributed by atoms with Gasteiger partial charge in [0.1, 0.15) is 17.7 Å². The van der Waals surface area contributed by atoms with Crippen LogP contribution in [-0.4, -0.2) is 35.4 Å². The number of rotatable bonds is 4. The minimum Gasteiger partial charge on any atom is -0.353 e. The number of nitrogens with zero attached hydrogens (tertiary/aromatic N) is 2. The van der Waals surface area contributed by atoms with Gasteiger partial charge in [-0.25, -0.2) is 17.8 Å². The van der Waals surface area contributed by atoms with E-state index in [1.54, 1.807) is 24.8 Å². The lowest BCUT2D eigenvalue weighted by atomic mass is 10.1. The van der Waals surface area contributed by atoms with Crippen molar-refractivity contribution >= 4 is 33.2 Å². The third kappa shape index (κ3) is 3.31. The van der Waals surface area contributed by atoms with Gasteiger partial charge in [-0.1, -0.05) is 17.7 Å². The van der Waals surface area contributed by atoms with Crippen molar-refractivity contribution in [3.05, 3.63) is 57.7 Å². The fourth-order valence-corrected chi connectivity index (χ4v) is 4.40. The van der Waals surface area contributed by atoms with Gasteiger partial charge in [0.2, 0.25) is 0 Å². The summed E-state index contributed by atoms with van der Waals surface area (Å²) in [7, 11) is -3.44. The molecule has 5 nitrogen and oxygen atoms in total. The van der Waals surface area contributed by atoms with Crippen molar-refractivity contribution in [2.24, 2.45) is 0 Å². The summed E-state index contributed by atoms with van der Waals surface area (Å²) in [5.41, 5.74) is 1.20. The van der Waals surface area contributed by atoms with Crippen LogP contribution in [0.1, 0.15) is 23.1 Å². The SMILES string of the molecule is Cc1[nH]c(C(c2ccc(F)c(Cl)c2)N2C=CSC2)nc1S(C)(=O)=O. The molecule has 1 aromatic carbocycles. The Kier molecular flexibility index (Phi) is 4.63. The molecule has 1 N–H and O–H groups in total. The first kappa shape index (κ1) is 17.3. The van der Waals surface area contributed by atoms with Crippen LogP contribution in [0.2, 0.25) is 5.02 Å². The highest BCUT2D eigenvalue weighted by Crippen LogP contribution is 2.34. The van der Waals surface area contributed by atoms with Crippen molar-refractivity contribution in [1.82, 2.24) is 14.9 Å². The Morgan fingerprint density at radius 2 is 2.21 bits per heavy atom. The second-order valence-electron chi connectivity index (χ2n) is 5.50. The van der Waals surface area contributed by atoms with Crippen molar-refractivity contribution in [3.8, 4) is 0 Å². The molecule has 0 saturated carbocycles. The van der Waals surface area contributed by atoms with Crippen LogP contribution in [0.15, 0.2) is 34.8 Å². The van der Waals surface area contributed by atoms with Crippen molar-refractivity contribution in [2.75, 3.05) is 12.1 Å². The highest BCUT2D eigenvalue weighted by atomic mass is 35.5. The van der Waals surface area contributed by atoms with Crippen LogP contribution in [0.25, 0.3) is 0 Å². The van der Waals surface area contributed by atoms with E-state index >= 15 is 0 Å². The van der Waals surface area contributed by atoms with E-state index in [9.17, 15) is 12.8 Å². The van der Waals surface area contributed by atoms with Gasteiger partial charge in [0.05, 0.1) is 16.6 Å². The van der Waals surface area contributed by atoms with E-state index in [1.165, 1.54) is 12.1 Å². The first-order chi connectivity index (χ1) is 11.3. The van der Waals surface area contributed by atoms with Gasteiger partial charge in [0, 0.05) is 12.5 Å². The number of imidazole rings is 1. The Balaban J connectivity index is 2.12. The molecule has 1 atom stereocenters. The van der Waals surface area contributed by atoms with Crippen molar-refractivity contribution in [1.29, 1.82) is 0 Å². The molecule has 128 valence electrons. The normalized spacial score (nSPS) is 15.9. The van der Waals surface area contributed by atoms with E-state index in [2.05, 4.69) is 9.97 Å². The van der Waals surface area contributed by atoms with Crippen LogP contribution >= 0.6 is 23.4 Å². The van der Waals surface area contributed by atoms with Crippen LogP contribution < -0.4 is 0 Å². The zero-order valence-corrected chi connectivity index (χ0v) is 15.3. The van der Waals surface area contributed by atoms with E-state index in [4.69, 9.17) is 11.6 Å². The Morgan fingerprint density at radius 3 is 2.75 bits per heavy atom. The number of halogens is 2. The molecule has 0 aliphatic carbocycles. The predicted molar refractivity (Wildman–Crippen MR) is 93.1 cm³/mol. The highest BCUT2D eigenvalue weighted by molar-refractivity contribution is 8.02. The smallest absolute Gasteiger partial charge is 0.194 e. The molecule has 2 aromatic rings. The zero-order valence-electron chi connectivity index (χ0n) is 13.0. The highest BCUT2D eigenvalue weighted by Gasteiger charge is 2.28. The van der Waals surface area contributed by atoms with Crippen LogP contribution in [0.4, 0.5) is 4.39 Å². The number of thioether (sulfide) groups is 1. The average Bonchev–Trinajstić information content (AvgIpc) is 3.13. The van der Waals surface area contributed by atoms with E-state index < -0.39 is 15.7 Å². The Morgan fingerprint density at radius 1 is 1.46 bits per heavy atom. The molecule has 3 rings (SSSR count). The summed E-state index contributed by atoms with van der Waals surface area (Å²) >= 11 is 7.52. The average molecular weight is 388 g/mol. The molecular weight excluding hydrogens is 373 g/mol. The van der Waals surface area contributed by atoms with E-state index in [0.29, 0.717) is 17.4 Å². The summed E-state index contributed by atoms with van der Waals surface area (Å²) in [5.74, 6) is 0.647. The van der Waals surface area contributed by atoms with Gasteiger partial charge in [-0.3, -0.25) is 0 Å². The maximum absolute atomic E-state index is 13.5. The molecule has 1 unspecified atom stereocenters. The third-order valence-electron chi connectivity index (χ3n) is 3.63. The zero-order chi connectivity index (χ0) is 17.5. The molecule has 9 heteroatoms. The number of benzene rings is 1. The number of sulfone groups is 1. The number of hydrogen-bond acceptors (Lipinski definition) is 5. The summed E-state index contributed by atoms with van der Waals surface area (Å²) in [6.45, 7) is 1.66. The molecule has 0 amide bonds. The quantitative estimate of drug-likeness (QED) is 0.869. The fourth-order valence-electron chi connectivity index (χ4n) is 2.60. The maximum Gasteiger partial charge on any atom is 0.194 e. The summed E-state index contributed by atoms with van der Waals surface area (Å²) in [5, 5.41) is 1.97. The molecule has 24 heavy (non-hydrogen) atoms. The van der Waals surface area contributed by atoms with Gasteiger partial charge in [-0.2, -0.15) is 0 Å². The monoisotopic (exact) mass is 387 g/mol. The van der Waals surface area contributed by atoms with Gasteiger partial charge >= 0.3 is 0 Å². The summed E-state index contributed by atoms with van der Waals surface area (Å²) in [6.07, 6.45) is 3.01.